The van der Waals surface area contributed by atoms with Crippen LogP contribution in [0.5, 0.6) is 5.75 Å². The number of ether oxygens (including phenoxy) is 1. The summed E-state index contributed by atoms with van der Waals surface area (Å²) < 4.78 is 19.4. The van der Waals surface area contributed by atoms with E-state index in [1.807, 2.05) is 30.1 Å². The van der Waals surface area contributed by atoms with Crippen molar-refractivity contribution >= 4 is 17.4 Å². The minimum absolute atomic E-state index is 0.00616. The number of hydrogen-bond donors (Lipinski definition) is 1. The molecular weight excluding hydrogens is 517 g/mol. The maximum Gasteiger partial charge on any atom is 0.251 e. The smallest absolute Gasteiger partial charge is 0.251 e. The second-order valence-electron chi connectivity index (χ2n) is 11.0. The van der Waals surface area contributed by atoms with Crippen LogP contribution in [0.4, 0.5) is 4.39 Å². The molecule has 6 nitrogen and oxygen atoms in total. The standard InChI is InChI=1S/C34H38FN3O3/c1-24(39)38-22-28-21-29(27-16-14-26(15-17-27)11-8-20-41-32-13-7-6-12-30(32)35)33(31(23-38)36-28)34(40)37(2)19-18-25-9-4-3-5-10-25/h3-7,9-10,12-17,28,31,36H,8,11,18-23H2,1-2H3. The molecule has 7 heteroatoms. The molecule has 1 fully saturated rings. The molecule has 1 saturated heterocycles. The highest BCUT2D eigenvalue weighted by atomic mass is 19.1. The third-order valence-electron chi connectivity index (χ3n) is 8.01. The van der Waals surface area contributed by atoms with Crippen molar-refractivity contribution in [2.45, 2.75) is 44.7 Å². The average Bonchev–Trinajstić information content (AvgIpc) is 2.99. The number of likely N-dealkylation sites (N-methyl/N-ethyl adjacent to an activating group) is 1. The fraction of sp³-hybridized carbons (Fsp3) is 0.353. The second-order valence-corrected chi connectivity index (χ2v) is 11.0. The Balaban J connectivity index is 1.31. The summed E-state index contributed by atoms with van der Waals surface area (Å²) in [4.78, 5) is 29.9. The molecule has 0 aromatic heterocycles. The van der Waals surface area contributed by atoms with Gasteiger partial charge < -0.3 is 19.9 Å². The number of amides is 2. The predicted octanol–water partition coefficient (Wildman–Crippen LogP) is 4.88. The Morgan fingerprint density at radius 2 is 1.66 bits per heavy atom. The largest absolute Gasteiger partial charge is 0.491 e. The molecule has 3 aromatic rings. The molecule has 0 radical (unpaired) electrons. The number of benzene rings is 3. The average molecular weight is 556 g/mol. The summed E-state index contributed by atoms with van der Waals surface area (Å²) in [6.45, 7) is 3.77. The number of halogens is 1. The lowest BCUT2D eigenvalue weighted by atomic mass is 9.82. The second kappa shape index (κ2) is 13.1. The van der Waals surface area contributed by atoms with Crippen LogP contribution in [0, 0.1) is 5.82 Å². The first-order valence-corrected chi connectivity index (χ1v) is 14.4. The molecule has 2 unspecified atom stereocenters. The molecule has 0 spiro atoms. The number of rotatable bonds is 10. The highest BCUT2D eigenvalue weighted by Crippen LogP contribution is 2.34. The number of piperazine rings is 1. The summed E-state index contributed by atoms with van der Waals surface area (Å²) in [5.41, 5.74) is 5.22. The maximum atomic E-state index is 13.9. The van der Waals surface area contributed by atoms with Crippen LogP contribution in [0.2, 0.25) is 0 Å². The first-order valence-electron chi connectivity index (χ1n) is 14.4. The molecule has 0 aliphatic carbocycles. The van der Waals surface area contributed by atoms with Crippen LogP contribution in [-0.2, 0) is 22.4 Å². The highest BCUT2D eigenvalue weighted by molar-refractivity contribution is 6.03. The molecule has 2 bridgehead atoms. The summed E-state index contributed by atoms with van der Waals surface area (Å²) in [6.07, 6.45) is 3.04. The summed E-state index contributed by atoms with van der Waals surface area (Å²) in [5.74, 6) is -0.0240. The van der Waals surface area contributed by atoms with E-state index >= 15 is 0 Å². The van der Waals surface area contributed by atoms with E-state index < -0.39 is 0 Å². The van der Waals surface area contributed by atoms with E-state index in [0.29, 0.717) is 32.7 Å². The van der Waals surface area contributed by atoms with Gasteiger partial charge in [-0.05, 0) is 60.1 Å². The van der Waals surface area contributed by atoms with Crippen LogP contribution in [0.1, 0.15) is 36.5 Å². The van der Waals surface area contributed by atoms with Gasteiger partial charge in [0.2, 0.25) is 5.91 Å². The molecule has 2 heterocycles. The molecule has 5 rings (SSSR count). The van der Waals surface area contributed by atoms with E-state index in [0.717, 1.165) is 41.5 Å². The van der Waals surface area contributed by atoms with Gasteiger partial charge >= 0.3 is 0 Å². The van der Waals surface area contributed by atoms with Gasteiger partial charge in [-0.25, -0.2) is 4.39 Å². The summed E-state index contributed by atoms with van der Waals surface area (Å²) in [7, 11) is 1.86. The molecular formula is C34H38FN3O3. The summed E-state index contributed by atoms with van der Waals surface area (Å²) in [5, 5.41) is 3.62. The van der Waals surface area contributed by atoms with Gasteiger partial charge in [0, 0.05) is 45.2 Å². The Morgan fingerprint density at radius 3 is 2.39 bits per heavy atom. The van der Waals surface area contributed by atoms with Crippen molar-refractivity contribution < 1.29 is 18.7 Å². The van der Waals surface area contributed by atoms with Crippen LogP contribution in [0.25, 0.3) is 5.57 Å². The van der Waals surface area contributed by atoms with Gasteiger partial charge in [-0.2, -0.15) is 0 Å². The number of carbonyl (C=O) groups is 2. The monoisotopic (exact) mass is 555 g/mol. The van der Waals surface area contributed by atoms with Gasteiger partial charge in [-0.15, -0.1) is 0 Å². The van der Waals surface area contributed by atoms with Crippen molar-refractivity contribution in [3.8, 4) is 5.75 Å². The molecule has 2 atom stereocenters. The van der Waals surface area contributed by atoms with Gasteiger partial charge in [0.25, 0.3) is 5.91 Å². The Morgan fingerprint density at radius 1 is 0.951 bits per heavy atom. The quantitative estimate of drug-likeness (QED) is 0.362. The van der Waals surface area contributed by atoms with E-state index in [4.69, 9.17) is 4.74 Å². The normalized spacial score (nSPS) is 18.3. The zero-order valence-electron chi connectivity index (χ0n) is 23.8. The Labute approximate surface area is 241 Å². The van der Waals surface area contributed by atoms with E-state index in [-0.39, 0.29) is 35.5 Å². The van der Waals surface area contributed by atoms with E-state index in [1.165, 1.54) is 11.6 Å². The van der Waals surface area contributed by atoms with Gasteiger partial charge in [-0.1, -0.05) is 66.7 Å². The summed E-state index contributed by atoms with van der Waals surface area (Å²) in [6, 6.07) is 24.9. The van der Waals surface area contributed by atoms with Gasteiger partial charge in [0.05, 0.1) is 12.6 Å². The first-order chi connectivity index (χ1) is 19.9. The topological polar surface area (TPSA) is 61.9 Å². The molecule has 214 valence electrons. The maximum absolute atomic E-state index is 13.9. The van der Waals surface area contributed by atoms with Crippen molar-refractivity contribution in [1.82, 2.24) is 15.1 Å². The predicted molar refractivity (Wildman–Crippen MR) is 159 cm³/mol. The molecule has 2 aliphatic rings. The first kappa shape index (κ1) is 28.6. The number of carbonyl (C=O) groups excluding carboxylic acids is 2. The minimum atomic E-state index is -0.348. The van der Waals surface area contributed by atoms with Crippen molar-refractivity contribution in [3.63, 3.8) is 0 Å². The molecule has 2 amide bonds. The van der Waals surface area contributed by atoms with Gasteiger partial charge in [-0.3, -0.25) is 9.59 Å². The van der Waals surface area contributed by atoms with Gasteiger partial charge in [0.15, 0.2) is 11.6 Å². The molecule has 41 heavy (non-hydrogen) atoms. The Bertz CT molecular complexity index is 1390. The lowest BCUT2D eigenvalue weighted by molar-refractivity contribution is -0.132. The fourth-order valence-electron chi connectivity index (χ4n) is 5.77. The Hall–Kier alpha value is -3.97. The third-order valence-corrected chi connectivity index (χ3v) is 8.01. The van der Waals surface area contributed by atoms with E-state index in [1.54, 1.807) is 30.0 Å². The highest BCUT2D eigenvalue weighted by Gasteiger charge is 2.39. The zero-order chi connectivity index (χ0) is 28.8. The van der Waals surface area contributed by atoms with Gasteiger partial charge in [0.1, 0.15) is 0 Å². The SMILES string of the molecule is CC(=O)N1CC2CC(c3ccc(CCCOc4ccccc4F)cc3)=C(C(=O)N(C)CCc3ccccc3)C(C1)N2. The van der Waals surface area contributed by atoms with E-state index in [9.17, 15) is 14.0 Å². The van der Waals surface area contributed by atoms with Crippen LogP contribution in [0.3, 0.4) is 0 Å². The fourth-order valence-corrected chi connectivity index (χ4v) is 5.77. The molecule has 3 aromatic carbocycles. The zero-order valence-corrected chi connectivity index (χ0v) is 23.8. The van der Waals surface area contributed by atoms with Crippen molar-refractivity contribution in [1.29, 1.82) is 0 Å². The summed E-state index contributed by atoms with van der Waals surface area (Å²) >= 11 is 0. The Kier molecular flexibility index (Phi) is 9.14. The van der Waals surface area contributed by atoms with Crippen LogP contribution >= 0.6 is 0 Å². The lowest BCUT2D eigenvalue weighted by Gasteiger charge is -2.44. The van der Waals surface area contributed by atoms with Crippen LogP contribution in [-0.4, -0.2) is 67.0 Å². The number of nitrogens with one attached hydrogen (secondary N) is 1. The molecule has 1 N–H and O–H groups in total. The number of hydrogen-bond acceptors (Lipinski definition) is 4. The van der Waals surface area contributed by atoms with Crippen LogP contribution in [0.15, 0.2) is 84.4 Å². The number of aryl methyl sites for hydroxylation is 1. The van der Waals surface area contributed by atoms with E-state index in [2.05, 4.69) is 41.7 Å². The van der Waals surface area contributed by atoms with Crippen molar-refractivity contribution in [2.75, 3.05) is 33.3 Å². The molecule has 2 aliphatic heterocycles. The number of para-hydroxylation sites is 1. The minimum Gasteiger partial charge on any atom is -0.491 e. The lowest BCUT2D eigenvalue weighted by Crippen LogP contribution is -2.61. The van der Waals surface area contributed by atoms with Crippen LogP contribution < -0.4 is 10.1 Å². The van der Waals surface area contributed by atoms with Crippen molar-refractivity contribution in [3.05, 3.63) is 107 Å². The van der Waals surface area contributed by atoms with Crippen molar-refractivity contribution in [2.24, 2.45) is 0 Å². The number of fused-ring (bicyclic) bond motifs is 2. The molecule has 0 saturated carbocycles. The number of nitrogens with zero attached hydrogens (tertiary/aromatic N) is 2. The third kappa shape index (κ3) is 7.03.